The van der Waals surface area contributed by atoms with Crippen LogP contribution in [0, 0.1) is 10.7 Å². The lowest BCUT2D eigenvalue weighted by Gasteiger charge is -1.93. The van der Waals surface area contributed by atoms with Crippen LogP contribution >= 0.6 is 0 Å². The third kappa shape index (κ3) is 1.79. The molecule has 0 fully saturated rings. The summed E-state index contributed by atoms with van der Waals surface area (Å²) in [6.07, 6.45) is 0. The lowest BCUT2D eigenvalue weighted by atomic mass is 13.1. The van der Waals surface area contributed by atoms with E-state index in [-0.39, 0.29) is 0 Å². The predicted octanol–water partition coefficient (Wildman–Crippen LogP) is -0.678. The third-order valence-corrected chi connectivity index (χ3v) is 0.406. The van der Waals surface area contributed by atoms with Gasteiger partial charge >= 0.3 is 0 Å². The highest BCUT2D eigenvalue weighted by Crippen LogP contribution is 1.67. The van der Waals surface area contributed by atoms with Gasteiger partial charge in [0.15, 0.2) is 0 Å². The summed E-state index contributed by atoms with van der Waals surface area (Å²) >= 11 is -2.92. The molecule has 0 aromatic rings. The van der Waals surface area contributed by atoms with E-state index in [1.54, 1.807) is 0 Å². The van der Waals surface area contributed by atoms with Crippen LogP contribution in [0.25, 0.3) is 0 Å². The first-order chi connectivity index (χ1) is 2.64. The van der Waals surface area contributed by atoms with E-state index in [4.69, 9.17) is 19.5 Å². The zero-order valence-corrected chi connectivity index (χ0v) is 3.40. The van der Waals surface area contributed by atoms with Crippen molar-refractivity contribution in [2.24, 2.45) is 0 Å². The van der Waals surface area contributed by atoms with Crippen LogP contribution in [0.15, 0.2) is 0 Å². The van der Waals surface area contributed by atoms with Gasteiger partial charge in [-0.25, -0.2) is 0 Å². The first kappa shape index (κ1) is 5.51. The van der Waals surface area contributed by atoms with Gasteiger partial charge in [-0.15, -0.1) is 0 Å². The topological polar surface area (TPSA) is 90.1 Å². The van der Waals surface area contributed by atoms with Gasteiger partial charge in [-0.2, -0.15) is 4.21 Å². The van der Waals surface area contributed by atoms with Crippen LogP contribution in [0.2, 0.25) is 0 Å². The van der Waals surface area contributed by atoms with Crippen molar-refractivity contribution in [2.45, 2.75) is 0 Å². The predicted molar refractivity (Wildman–Crippen MR) is 15.3 cm³/mol. The van der Waals surface area contributed by atoms with Gasteiger partial charge < -0.3 is 9.76 Å². The molecule has 5 nitrogen and oxygen atoms in total. The van der Waals surface area contributed by atoms with Crippen LogP contribution in [0.4, 0.5) is 0 Å². The second-order valence-electron chi connectivity index (χ2n) is 0.474. The van der Waals surface area contributed by atoms with E-state index < -0.39 is 15.5 Å². The molecule has 0 spiro atoms. The minimum absolute atomic E-state index is 0.917. The second-order valence-corrected chi connectivity index (χ2v) is 1.24. The molecule has 0 amide bonds. The highest BCUT2D eigenvalue weighted by Gasteiger charge is 1.81. The Morgan fingerprint density at radius 1 is 1.83 bits per heavy atom. The Kier molecular flexibility index (Phi) is 1.68. The summed E-state index contributed by atoms with van der Waals surface area (Å²) in [6.45, 7) is 0. The summed E-state index contributed by atoms with van der Waals surface area (Å²) in [4.78, 5) is 0. The maximum Gasteiger partial charge on any atom is 0.265 e. The van der Waals surface area contributed by atoms with E-state index in [9.17, 15) is 0 Å². The van der Waals surface area contributed by atoms with Crippen LogP contribution in [0.5, 0.6) is 0 Å². The molecule has 36 valence electrons. The van der Waals surface area contributed by atoms with E-state index in [1.807, 2.05) is 0 Å². The fourth-order valence-corrected chi connectivity index (χ4v) is 0. The summed E-state index contributed by atoms with van der Waals surface area (Å²) in [6, 6.07) is 0. The molecule has 0 rings (SSSR count). The quantitative estimate of drug-likeness (QED) is 0.209. The van der Waals surface area contributed by atoms with Gasteiger partial charge in [0.05, 0.1) is 0 Å². The fourth-order valence-electron chi connectivity index (χ4n) is 0. The van der Waals surface area contributed by atoms with Gasteiger partial charge in [0.2, 0.25) is 0 Å². The van der Waals surface area contributed by atoms with E-state index in [1.165, 1.54) is 0 Å². The molecule has 1 N–H and O–H groups in total. The molecule has 1 atom stereocenters. The molecule has 0 radical (unpaired) electrons. The minimum atomic E-state index is -2.92. The van der Waals surface area contributed by atoms with Crippen LogP contribution in [0.3, 0.4) is 0 Å². The highest BCUT2D eigenvalue weighted by molar-refractivity contribution is 7.72. The van der Waals surface area contributed by atoms with Gasteiger partial charge in [0.1, 0.15) is 0 Å². The molecule has 0 aliphatic heterocycles. The highest BCUT2D eigenvalue weighted by atomic mass is 32.2. The molecular formula is HN2O3S-. The summed E-state index contributed by atoms with van der Waals surface area (Å²) in [7, 11) is 0. The first-order valence-corrected chi connectivity index (χ1v) is 1.95. The molecule has 0 heterocycles. The maximum absolute atomic E-state index is 9.12. The van der Waals surface area contributed by atoms with Crippen molar-refractivity contribution >= 4 is 11.3 Å². The Morgan fingerprint density at radius 2 is 2.00 bits per heavy atom. The average Bonchev–Trinajstić information content (AvgIpc) is 1.36. The Bertz CT molecular complexity index is 74.8. The zero-order valence-electron chi connectivity index (χ0n) is 2.58. The normalized spacial score (nSPS) is 13.5. The Morgan fingerprint density at radius 3 is 2.00 bits per heavy atom. The van der Waals surface area contributed by atoms with Crippen LogP contribution in [0.1, 0.15) is 0 Å². The Labute approximate surface area is 36.1 Å². The van der Waals surface area contributed by atoms with Crippen molar-refractivity contribution in [3.63, 3.8) is 0 Å². The van der Waals surface area contributed by atoms with Crippen LogP contribution in [-0.2, 0) is 11.3 Å². The molecular weight excluding hydrogens is 108 g/mol. The van der Waals surface area contributed by atoms with Gasteiger partial charge in [-0.1, -0.05) is 0 Å². The number of hydrogen-bond acceptors (Lipinski definition) is 4. The summed E-state index contributed by atoms with van der Waals surface area (Å²) in [5.41, 5.74) is 5.70. The smallest absolute Gasteiger partial charge is 0.265 e. The lowest BCUT2D eigenvalue weighted by Crippen LogP contribution is -1.99. The number of nitrogens with one attached hydrogen (secondary N) is 1. The summed E-state index contributed by atoms with van der Waals surface area (Å²) < 4.78 is 17.3. The Hall–Kier alpha value is -0.490. The summed E-state index contributed by atoms with van der Waals surface area (Å²) in [5, 5.41) is 9.11. The molecule has 0 saturated carbocycles. The van der Waals surface area contributed by atoms with E-state index >= 15 is 0 Å². The van der Waals surface area contributed by atoms with Gasteiger partial charge in [-0.05, 0) is 9.80 Å². The molecule has 0 bridgehead atoms. The van der Waals surface area contributed by atoms with Gasteiger partial charge in [-0.3, -0.25) is 0 Å². The average molecular weight is 109 g/mol. The molecule has 1 unspecified atom stereocenters. The maximum atomic E-state index is 9.12. The molecule has 0 saturated heterocycles. The SMILES string of the molecule is N=[N+]([O-])S(=O)[O-]. The standard InChI is InChI=1S/H2N2O3S/c1-2(3)6(4)5/h1H,(H,4,5)/p-1. The van der Waals surface area contributed by atoms with Gasteiger partial charge in [0, 0.05) is 0 Å². The first-order valence-electron chi connectivity index (χ1n) is 0.922. The van der Waals surface area contributed by atoms with E-state index in [0.717, 1.165) is 0 Å². The van der Waals surface area contributed by atoms with E-state index in [0.29, 0.717) is 0 Å². The molecule has 0 aromatic carbocycles. The molecule has 0 aliphatic carbocycles. The third-order valence-electron chi connectivity index (χ3n) is 0.135. The van der Waals surface area contributed by atoms with Crippen molar-refractivity contribution in [1.29, 1.82) is 5.53 Å². The monoisotopic (exact) mass is 109 g/mol. The Balaban J connectivity index is 3.57. The van der Waals surface area contributed by atoms with Gasteiger partial charge in [0.25, 0.3) is 11.3 Å². The van der Waals surface area contributed by atoms with Crippen LogP contribution < -0.4 is 0 Å². The molecule has 6 heavy (non-hydrogen) atoms. The second kappa shape index (κ2) is 1.83. The van der Waals surface area contributed by atoms with Crippen molar-refractivity contribution in [3.05, 3.63) is 5.21 Å². The van der Waals surface area contributed by atoms with Crippen molar-refractivity contribution in [3.8, 4) is 0 Å². The summed E-state index contributed by atoms with van der Waals surface area (Å²) in [5.74, 6) is 0. The number of rotatable bonds is 1. The van der Waals surface area contributed by atoms with E-state index in [2.05, 4.69) is 0 Å². The fraction of sp³-hybridized carbons (Fsp3) is 0. The lowest BCUT2D eigenvalue weighted by molar-refractivity contribution is -0.392. The van der Waals surface area contributed by atoms with Crippen molar-refractivity contribution in [1.82, 2.24) is 0 Å². The van der Waals surface area contributed by atoms with Crippen molar-refractivity contribution < 1.29 is 13.0 Å². The molecule has 6 heteroatoms. The molecule has 0 aromatic heterocycles. The van der Waals surface area contributed by atoms with Crippen LogP contribution in [-0.4, -0.2) is 13.0 Å². The number of nitrogens with zero attached hydrogens (tertiary/aromatic N) is 1. The minimum Gasteiger partial charge on any atom is -0.713 e. The number of hydrogen-bond donors (Lipinski definition) is 1. The largest absolute Gasteiger partial charge is 0.713 e. The molecule has 0 aliphatic rings. The zero-order chi connectivity index (χ0) is 5.15. The van der Waals surface area contributed by atoms with Crippen molar-refractivity contribution in [2.75, 3.05) is 0 Å².